The molecule has 1 aromatic rings. The second-order valence-corrected chi connectivity index (χ2v) is 6.54. The molecule has 17 heavy (non-hydrogen) atoms. The average molecular weight is 274 g/mol. The minimum Gasteiger partial charge on any atom is -0.384 e. The topological polar surface area (TPSA) is 12.0 Å². The summed E-state index contributed by atoms with van der Waals surface area (Å²) in [6, 6.07) is 3.79. The number of hydrogen-bond donors (Lipinski definition) is 1. The quantitative estimate of drug-likeness (QED) is 0.778. The molecule has 3 heteroatoms. The third-order valence-electron chi connectivity index (χ3n) is 3.33. The van der Waals surface area contributed by atoms with Crippen molar-refractivity contribution >= 4 is 28.9 Å². The SMILES string of the molecule is Cc1cc(Cl)c(NCC(C)C(C)(C)C)cc1Cl. The Morgan fingerprint density at radius 3 is 2.29 bits per heavy atom. The van der Waals surface area contributed by atoms with Crippen LogP contribution in [0.15, 0.2) is 12.1 Å². The number of nitrogens with one attached hydrogen (secondary N) is 1. The van der Waals surface area contributed by atoms with Crippen LogP contribution in [0.5, 0.6) is 0 Å². The fraction of sp³-hybridized carbons (Fsp3) is 0.571. The molecule has 0 saturated carbocycles. The van der Waals surface area contributed by atoms with Gasteiger partial charge < -0.3 is 5.32 Å². The second-order valence-electron chi connectivity index (χ2n) is 5.73. The molecule has 0 aliphatic heterocycles. The van der Waals surface area contributed by atoms with E-state index < -0.39 is 0 Å². The van der Waals surface area contributed by atoms with Gasteiger partial charge in [0.15, 0.2) is 0 Å². The Morgan fingerprint density at radius 2 is 1.76 bits per heavy atom. The van der Waals surface area contributed by atoms with Crippen LogP contribution >= 0.6 is 23.2 Å². The summed E-state index contributed by atoms with van der Waals surface area (Å²) in [5, 5.41) is 4.85. The summed E-state index contributed by atoms with van der Waals surface area (Å²) in [4.78, 5) is 0. The molecule has 0 saturated heterocycles. The van der Waals surface area contributed by atoms with E-state index in [1.54, 1.807) is 0 Å². The van der Waals surface area contributed by atoms with Gasteiger partial charge in [0.1, 0.15) is 0 Å². The van der Waals surface area contributed by atoms with Crippen LogP contribution in [-0.2, 0) is 0 Å². The molecule has 0 fully saturated rings. The maximum atomic E-state index is 6.18. The molecule has 1 rings (SSSR count). The lowest BCUT2D eigenvalue weighted by Crippen LogP contribution is -2.24. The third-order valence-corrected chi connectivity index (χ3v) is 4.05. The molecule has 0 bridgehead atoms. The Balaban J connectivity index is 2.73. The van der Waals surface area contributed by atoms with Crippen LogP contribution in [0.3, 0.4) is 0 Å². The maximum Gasteiger partial charge on any atom is 0.0641 e. The molecular weight excluding hydrogens is 253 g/mol. The van der Waals surface area contributed by atoms with E-state index in [1.165, 1.54) is 0 Å². The van der Waals surface area contributed by atoms with Crippen LogP contribution in [0.2, 0.25) is 10.0 Å². The number of benzene rings is 1. The van der Waals surface area contributed by atoms with E-state index in [4.69, 9.17) is 23.2 Å². The van der Waals surface area contributed by atoms with E-state index >= 15 is 0 Å². The summed E-state index contributed by atoms with van der Waals surface area (Å²) in [5.74, 6) is 0.554. The number of anilines is 1. The predicted molar refractivity (Wildman–Crippen MR) is 78.3 cm³/mol. The van der Waals surface area contributed by atoms with Crippen molar-refractivity contribution in [1.82, 2.24) is 0 Å². The fourth-order valence-electron chi connectivity index (χ4n) is 1.35. The lowest BCUT2D eigenvalue weighted by molar-refractivity contribution is 0.274. The number of hydrogen-bond acceptors (Lipinski definition) is 1. The lowest BCUT2D eigenvalue weighted by Gasteiger charge is -2.28. The van der Waals surface area contributed by atoms with Crippen molar-refractivity contribution in [3.8, 4) is 0 Å². The van der Waals surface area contributed by atoms with Gasteiger partial charge in [-0.1, -0.05) is 50.9 Å². The molecule has 0 aliphatic rings. The van der Waals surface area contributed by atoms with Crippen LogP contribution in [0.1, 0.15) is 33.3 Å². The number of rotatable bonds is 3. The summed E-state index contributed by atoms with van der Waals surface area (Å²) in [5.41, 5.74) is 2.21. The molecule has 0 heterocycles. The van der Waals surface area contributed by atoms with Crippen molar-refractivity contribution < 1.29 is 0 Å². The summed E-state index contributed by atoms with van der Waals surface area (Å²) in [6.07, 6.45) is 0. The van der Waals surface area contributed by atoms with Gasteiger partial charge in [0.05, 0.1) is 10.7 Å². The molecular formula is C14H21Cl2N. The maximum absolute atomic E-state index is 6.18. The van der Waals surface area contributed by atoms with Crippen LogP contribution in [0.4, 0.5) is 5.69 Å². The van der Waals surface area contributed by atoms with E-state index in [-0.39, 0.29) is 5.41 Å². The largest absolute Gasteiger partial charge is 0.384 e. The molecule has 1 N–H and O–H groups in total. The molecule has 1 unspecified atom stereocenters. The van der Waals surface area contributed by atoms with Gasteiger partial charge in [0.2, 0.25) is 0 Å². The van der Waals surface area contributed by atoms with Crippen LogP contribution in [-0.4, -0.2) is 6.54 Å². The van der Waals surface area contributed by atoms with Gasteiger partial charge in [-0.05, 0) is 36.0 Å². The summed E-state index contributed by atoms with van der Waals surface area (Å²) >= 11 is 12.3. The molecule has 0 radical (unpaired) electrons. The third kappa shape index (κ3) is 4.08. The molecule has 0 aliphatic carbocycles. The minimum absolute atomic E-state index is 0.286. The van der Waals surface area contributed by atoms with Crippen LogP contribution < -0.4 is 5.32 Å². The Bertz CT molecular complexity index is 394. The monoisotopic (exact) mass is 273 g/mol. The molecule has 1 atom stereocenters. The fourth-order valence-corrected chi connectivity index (χ4v) is 1.80. The number of halogens is 2. The zero-order chi connectivity index (χ0) is 13.2. The Morgan fingerprint density at radius 1 is 1.18 bits per heavy atom. The summed E-state index contributed by atoms with van der Waals surface area (Å²) in [7, 11) is 0. The highest BCUT2D eigenvalue weighted by molar-refractivity contribution is 6.35. The molecule has 1 nitrogen and oxygen atoms in total. The zero-order valence-corrected chi connectivity index (χ0v) is 12.7. The van der Waals surface area contributed by atoms with E-state index in [0.717, 1.165) is 27.8 Å². The van der Waals surface area contributed by atoms with Gasteiger partial charge in [-0.2, -0.15) is 0 Å². The highest BCUT2D eigenvalue weighted by Crippen LogP contribution is 2.30. The summed E-state index contributed by atoms with van der Waals surface area (Å²) < 4.78 is 0. The lowest BCUT2D eigenvalue weighted by atomic mass is 9.82. The van der Waals surface area contributed by atoms with Gasteiger partial charge in [0, 0.05) is 11.6 Å². The summed E-state index contributed by atoms with van der Waals surface area (Å²) in [6.45, 7) is 11.8. The first-order chi connectivity index (χ1) is 7.71. The number of aryl methyl sites for hydroxylation is 1. The highest BCUT2D eigenvalue weighted by atomic mass is 35.5. The van der Waals surface area contributed by atoms with Crippen molar-refractivity contribution in [2.75, 3.05) is 11.9 Å². The normalized spacial score (nSPS) is 13.6. The molecule has 1 aromatic carbocycles. The van der Waals surface area contributed by atoms with Crippen molar-refractivity contribution in [1.29, 1.82) is 0 Å². The Hall–Kier alpha value is -0.400. The van der Waals surface area contributed by atoms with Gasteiger partial charge in [-0.15, -0.1) is 0 Å². The minimum atomic E-state index is 0.286. The van der Waals surface area contributed by atoms with Crippen molar-refractivity contribution in [3.63, 3.8) is 0 Å². The van der Waals surface area contributed by atoms with Gasteiger partial charge in [-0.25, -0.2) is 0 Å². The molecule has 96 valence electrons. The van der Waals surface area contributed by atoms with E-state index in [1.807, 2.05) is 19.1 Å². The average Bonchev–Trinajstić information content (AvgIpc) is 2.19. The smallest absolute Gasteiger partial charge is 0.0641 e. The Labute approximate surface area is 115 Å². The first-order valence-corrected chi connectivity index (χ1v) is 6.67. The van der Waals surface area contributed by atoms with Crippen molar-refractivity contribution in [3.05, 3.63) is 27.7 Å². The van der Waals surface area contributed by atoms with E-state index in [2.05, 4.69) is 33.0 Å². The second kappa shape index (κ2) is 5.49. The van der Waals surface area contributed by atoms with Crippen LogP contribution in [0, 0.1) is 18.3 Å². The molecule has 0 spiro atoms. The highest BCUT2D eigenvalue weighted by Gasteiger charge is 2.19. The zero-order valence-electron chi connectivity index (χ0n) is 11.2. The Kier molecular flexibility index (Phi) is 4.74. The molecule has 0 amide bonds. The molecule has 0 aromatic heterocycles. The van der Waals surface area contributed by atoms with Crippen LogP contribution in [0.25, 0.3) is 0 Å². The standard InChI is InChI=1S/C14H21Cl2N/c1-9-6-12(16)13(7-11(9)15)17-8-10(2)14(3,4)5/h6-7,10,17H,8H2,1-5H3. The van der Waals surface area contributed by atoms with E-state index in [0.29, 0.717) is 5.92 Å². The first-order valence-electron chi connectivity index (χ1n) is 5.91. The van der Waals surface area contributed by atoms with Gasteiger partial charge in [0.25, 0.3) is 0 Å². The van der Waals surface area contributed by atoms with E-state index in [9.17, 15) is 0 Å². The van der Waals surface area contributed by atoms with Crippen molar-refractivity contribution in [2.45, 2.75) is 34.6 Å². The van der Waals surface area contributed by atoms with Gasteiger partial charge >= 0.3 is 0 Å². The predicted octanol–water partition coefficient (Wildman–Crippen LogP) is 5.40. The van der Waals surface area contributed by atoms with Gasteiger partial charge in [-0.3, -0.25) is 0 Å². The van der Waals surface area contributed by atoms with Crippen molar-refractivity contribution in [2.24, 2.45) is 11.3 Å². The first kappa shape index (κ1) is 14.7.